The highest BCUT2D eigenvalue weighted by Crippen LogP contribution is 2.22. The van der Waals surface area contributed by atoms with Crippen LogP contribution in [0.3, 0.4) is 0 Å². The van der Waals surface area contributed by atoms with E-state index in [1.165, 1.54) is 19.2 Å². The summed E-state index contributed by atoms with van der Waals surface area (Å²) in [4.78, 5) is 24.0. The number of amides is 2. The molecular weight excluding hydrogens is 369 g/mol. The van der Waals surface area contributed by atoms with E-state index >= 15 is 0 Å². The molecule has 1 aromatic rings. The van der Waals surface area contributed by atoms with Gasteiger partial charge in [-0.2, -0.15) is 0 Å². The molecule has 1 atom stereocenters. The molecule has 1 rings (SSSR count). The van der Waals surface area contributed by atoms with Gasteiger partial charge in [-0.1, -0.05) is 12.1 Å². The van der Waals surface area contributed by atoms with Crippen LogP contribution in [0, 0.1) is 0 Å². The van der Waals surface area contributed by atoms with Crippen molar-refractivity contribution in [2.45, 2.75) is 45.3 Å². The smallest absolute Gasteiger partial charge is 0.444 e. The zero-order valence-corrected chi connectivity index (χ0v) is 15.5. The molecule has 0 saturated heterocycles. The van der Waals surface area contributed by atoms with Crippen molar-refractivity contribution >= 4 is 12.0 Å². The van der Waals surface area contributed by atoms with Crippen LogP contribution in [0.4, 0.5) is 18.0 Å². The van der Waals surface area contributed by atoms with Gasteiger partial charge in [-0.05, 0) is 38.5 Å². The van der Waals surface area contributed by atoms with Gasteiger partial charge in [0.25, 0.3) is 0 Å². The van der Waals surface area contributed by atoms with E-state index in [0.29, 0.717) is 5.56 Å². The van der Waals surface area contributed by atoms with Crippen LogP contribution in [0.15, 0.2) is 24.3 Å². The molecule has 0 aliphatic rings. The maximum atomic E-state index is 12.2. The summed E-state index contributed by atoms with van der Waals surface area (Å²) in [5.41, 5.74) is -0.176. The van der Waals surface area contributed by atoms with E-state index in [1.54, 1.807) is 20.8 Å². The zero-order valence-electron chi connectivity index (χ0n) is 15.5. The average Bonchev–Trinajstić information content (AvgIpc) is 2.50. The van der Waals surface area contributed by atoms with Gasteiger partial charge < -0.3 is 24.8 Å². The van der Waals surface area contributed by atoms with Gasteiger partial charge in [-0.3, -0.25) is 4.79 Å². The van der Waals surface area contributed by atoms with Gasteiger partial charge in [0.05, 0.1) is 6.61 Å². The molecule has 0 heterocycles. The Kier molecular flexibility index (Phi) is 7.89. The summed E-state index contributed by atoms with van der Waals surface area (Å²) in [6, 6.07) is 4.06. The second kappa shape index (κ2) is 9.45. The molecule has 0 radical (unpaired) electrons. The van der Waals surface area contributed by atoms with Crippen molar-refractivity contribution in [2.24, 2.45) is 0 Å². The van der Waals surface area contributed by atoms with Crippen LogP contribution in [-0.4, -0.2) is 43.7 Å². The van der Waals surface area contributed by atoms with Crippen molar-refractivity contribution in [1.29, 1.82) is 0 Å². The number of halogens is 3. The highest BCUT2D eigenvalue weighted by Gasteiger charge is 2.31. The number of alkyl halides is 3. The van der Waals surface area contributed by atoms with Crippen molar-refractivity contribution < 1.29 is 37.0 Å². The lowest BCUT2D eigenvalue weighted by Crippen LogP contribution is -2.50. The Bertz CT molecular complexity index is 627. The number of carbonyl (C=O) groups is 2. The Morgan fingerprint density at radius 3 is 2.19 bits per heavy atom. The van der Waals surface area contributed by atoms with E-state index in [9.17, 15) is 22.8 Å². The molecule has 1 unspecified atom stereocenters. The summed E-state index contributed by atoms with van der Waals surface area (Å²) < 4.78 is 50.2. The molecule has 0 aliphatic heterocycles. The molecule has 10 heteroatoms. The molecule has 2 amide bonds. The third-order valence-electron chi connectivity index (χ3n) is 2.96. The van der Waals surface area contributed by atoms with Crippen molar-refractivity contribution in [1.82, 2.24) is 10.6 Å². The molecule has 2 N–H and O–H groups in total. The van der Waals surface area contributed by atoms with Crippen LogP contribution in [0.1, 0.15) is 26.3 Å². The lowest BCUT2D eigenvalue weighted by atomic mass is 10.2. The van der Waals surface area contributed by atoms with Crippen LogP contribution in [0.2, 0.25) is 0 Å². The molecule has 152 valence electrons. The molecule has 1 aromatic carbocycles. The number of benzene rings is 1. The first-order chi connectivity index (χ1) is 12.4. The molecule has 0 aromatic heterocycles. The highest BCUT2D eigenvalue weighted by molar-refractivity contribution is 5.85. The number of ether oxygens (including phenoxy) is 3. The predicted octanol–water partition coefficient (Wildman–Crippen LogP) is 2.74. The predicted molar refractivity (Wildman–Crippen MR) is 90.0 cm³/mol. The molecule has 7 nitrogen and oxygen atoms in total. The van der Waals surface area contributed by atoms with Gasteiger partial charge in [0.2, 0.25) is 5.91 Å². The monoisotopic (exact) mass is 392 g/mol. The summed E-state index contributed by atoms with van der Waals surface area (Å²) in [5, 5.41) is 4.97. The first-order valence-electron chi connectivity index (χ1n) is 8.00. The highest BCUT2D eigenvalue weighted by atomic mass is 19.4. The minimum atomic E-state index is -4.77. The first kappa shape index (κ1) is 22.6. The Balaban J connectivity index is 2.59. The summed E-state index contributed by atoms with van der Waals surface area (Å²) in [7, 11) is 1.37. The first-order valence-corrected chi connectivity index (χ1v) is 8.00. The Morgan fingerprint density at radius 2 is 1.70 bits per heavy atom. The number of methoxy groups -OCH3 is 1. The van der Waals surface area contributed by atoms with Crippen molar-refractivity contribution in [2.75, 3.05) is 13.7 Å². The molecule has 27 heavy (non-hydrogen) atoms. The van der Waals surface area contributed by atoms with E-state index in [4.69, 9.17) is 9.47 Å². The fraction of sp³-hybridized carbons (Fsp3) is 0.529. The van der Waals surface area contributed by atoms with Gasteiger partial charge in [0.1, 0.15) is 17.4 Å². The zero-order chi connectivity index (χ0) is 20.7. The van der Waals surface area contributed by atoms with Gasteiger partial charge >= 0.3 is 12.5 Å². The van der Waals surface area contributed by atoms with Gasteiger partial charge in [-0.25, -0.2) is 4.79 Å². The van der Waals surface area contributed by atoms with Crippen LogP contribution < -0.4 is 15.4 Å². The molecule has 0 fully saturated rings. The van der Waals surface area contributed by atoms with Crippen LogP contribution in [0.25, 0.3) is 0 Å². The van der Waals surface area contributed by atoms with E-state index < -0.39 is 30.0 Å². The maximum Gasteiger partial charge on any atom is 0.573 e. The second-order valence-electron chi connectivity index (χ2n) is 6.56. The lowest BCUT2D eigenvalue weighted by Gasteiger charge is -2.23. The van der Waals surface area contributed by atoms with E-state index in [-0.39, 0.29) is 18.9 Å². The number of hydrogen-bond donors (Lipinski definition) is 2. The number of rotatable bonds is 7. The molecule has 0 spiro atoms. The van der Waals surface area contributed by atoms with Gasteiger partial charge in [-0.15, -0.1) is 13.2 Å². The van der Waals surface area contributed by atoms with Crippen LogP contribution >= 0.6 is 0 Å². The van der Waals surface area contributed by atoms with Gasteiger partial charge in [0.15, 0.2) is 0 Å². The van der Waals surface area contributed by atoms with E-state index in [1.807, 2.05) is 0 Å². The van der Waals surface area contributed by atoms with Crippen LogP contribution in [-0.2, 0) is 20.8 Å². The summed E-state index contributed by atoms with van der Waals surface area (Å²) in [6.45, 7) is 5.02. The lowest BCUT2D eigenvalue weighted by molar-refractivity contribution is -0.274. The summed E-state index contributed by atoms with van der Waals surface area (Å²) in [5.74, 6) is -0.889. The minimum absolute atomic E-state index is 0.0430. The number of carbonyl (C=O) groups excluding carboxylic acids is 2. The average molecular weight is 392 g/mol. The summed E-state index contributed by atoms with van der Waals surface area (Å²) >= 11 is 0. The third kappa shape index (κ3) is 9.69. The SMILES string of the molecule is COCC(NC(=O)OC(C)(C)C)C(=O)NCc1ccc(OC(F)(F)F)cc1. The Labute approximate surface area is 155 Å². The standard InChI is InChI=1S/C17H23F3N2O5/c1-16(2,3)27-15(24)22-13(10-25-4)14(23)21-9-11-5-7-12(8-6-11)26-17(18,19)20/h5-8,13H,9-10H2,1-4H3,(H,21,23)(H,22,24). The largest absolute Gasteiger partial charge is 0.573 e. The second-order valence-corrected chi connectivity index (χ2v) is 6.56. The van der Waals surface area contributed by atoms with Crippen LogP contribution in [0.5, 0.6) is 5.75 Å². The number of hydrogen-bond acceptors (Lipinski definition) is 5. The fourth-order valence-corrected chi connectivity index (χ4v) is 1.92. The van der Waals surface area contributed by atoms with Gasteiger partial charge in [0, 0.05) is 13.7 Å². The Morgan fingerprint density at radius 1 is 1.11 bits per heavy atom. The normalized spacial score (nSPS) is 12.9. The Hall–Kier alpha value is -2.49. The molecular formula is C17H23F3N2O5. The van der Waals surface area contributed by atoms with E-state index in [0.717, 1.165) is 12.1 Å². The van der Waals surface area contributed by atoms with E-state index in [2.05, 4.69) is 15.4 Å². The minimum Gasteiger partial charge on any atom is -0.444 e. The molecule has 0 bridgehead atoms. The number of nitrogens with one attached hydrogen (secondary N) is 2. The fourth-order valence-electron chi connectivity index (χ4n) is 1.92. The number of alkyl carbamates (subject to hydrolysis) is 1. The summed E-state index contributed by atoms with van der Waals surface area (Å²) in [6.07, 6.45) is -5.54. The van der Waals surface area contributed by atoms with Crippen molar-refractivity contribution in [3.63, 3.8) is 0 Å². The van der Waals surface area contributed by atoms with Crippen molar-refractivity contribution in [3.05, 3.63) is 29.8 Å². The molecule has 0 saturated carbocycles. The topological polar surface area (TPSA) is 85.9 Å². The quantitative estimate of drug-likeness (QED) is 0.745. The maximum absolute atomic E-state index is 12.2. The third-order valence-corrected chi connectivity index (χ3v) is 2.96. The molecule has 0 aliphatic carbocycles. The van der Waals surface area contributed by atoms with Crippen molar-refractivity contribution in [3.8, 4) is 5.75 Å².